The van der Waals surface area contributed by atoms with Crippen LogP contribution >= 0.6 is 0 Å². The quantitative estimate of drug-likeness (QED) is 0.750. The van der Waals surface area contributed by atoms with Crippen molar-refractivity contribution in [2.24, 2.45) is 0 Å². The van der Waals surface area contributed by atoms with E-state index in [2.05, 4.69) is 0 Å². The van der Waals surface area contributed by atoms with Crippen LogP contribution in [-0.4, -0.2) is 46.6 Å². The summed E-state index contributed by atoms with van der Waals surface area (Å²) in [4.78, 5) is 13.1. The Kier molecular flexibility index (Phi) is 3.78. The topological polar surface area (TPSA) is 49.8 Å². The zero-order valence-electron chi connectivity index (χ0n) is 10.2. The number of ether oxygens (including phenoxy) is 1. The number of rotatable bonds is 1. The van der Waals surface area contributed by atoms with Crippen molar-refractivity contribution in [3.8, 4) is 0 Å². The summed E-state index contributed by atoms with van der Waals surface area (Å²) in [5, 5.41) is 9.08. The Morgan fingerprint density at radius 3 is 2.56 bits per heavy atom. The van der Waals surface area contributed by atoms with E-state index >= 15 is 0 Å². The van der Waals surface area contributed by atoms with Crippen molar-refractivity contribution in [1.82, 2.24) is 4.90 Å². The maximum absolute atomic E-state index is 13.5. The van der Waals surface area contributed by atoms with E-state index in [1.807, 2.05) is 0 Å². The van der Waals surface area contributed by atoms with Gasteiger partial charge in [0.15, 0.2) is 0 Å². The highest BCUT2D eigenvalue weighted by molar-refractivity contribution is 5.69. The molecule has 0 aromatic heterocycles. The molecule has 0 saturated carbocycles. The van der Waals surface area contributed by atoms with E-state index in [9.17, 15) is 9.18 Å². The van der Waals surface area contributed by atoms with E-state index in [1.54, 1.807) is 27.7 Å². The normalized spacial score (nSPS) is 30.6. The molecule has 16 heavy (non-hydrogen) atoms. The summed E-state index contributed by atoms with van der Waals surface area (Å²) >= 11 is 0. The third kappa shape index (κ3) is 2.84. The van der Waals surface area contributed by atoms with Gasteiger partial charge in [-0.05, 0) is 27.7 Å². The molecule has 1 aliphatic heterocycles. The minimum absolute atomic E-state index is 0.234. The van der Waals surface area contributed by atoms with Crippen LogP contribution in [0.1, 0.15) is 34.1 Å². The van der Waals surface area contributed by atoms with Gasteiger partial charge in [-0.25, -0.2) is 9.18 Å². The van der Waals surface area contributed by atoms with Gasteiger partial charge in [-0.3, -0.25) is 4.90 Å². The van der Waals surface area contributed by atoms with Crippen LogP contribution in [0.25, 0.3) is 0 Å². The highest BCUT2D eigenvalue weighted by atomic mass is 19.1. The lowest BCUT2D eigenvalue weighted by atomic mass is 10.2. The maximum atomic E-state index is 13.5. The van der Waals surface area contributed by atoms with Gasteiger partial charge in [0.25, 0.3) is 0 Å². The summed E-state index contributed by atoms with van der Waals surface area (Å²) in [6.07, 6.45) is -1.48. The smallest absolute Gasteiger partial charge is 0.410 e. The van der Waals surface area contributed by atoms with E-state index in [0.717, 1.165) is 0 Å². The number of nitrogens with zero attached hydrogens (tertiary/aromatic N) is 1. The van der Waals surface area contributed by atoms with Crippen molar-refractivity contribution in [3.63, 3.8) is 0 Å². The molecule has 0 unspecified atom stereocenters. The Balaban J connectivity index is 2.74. The zero-order chi connectivity index (χ0) is 12.5. The first-order valence-corrected chi connectivity index (χ1v) is 5.52. The first-order valence-electron chi connectivity index (χ1n) is 5.52. The molecule has 5 heteroatoms. The lowest BCUT2D eigenvalue weighted by Gasteiger charge is -2.30. The molecule has 3 atom stereocenters. The number of aliphatic hydroxyl groups excluding tert-OH is 1. The third-order valence-corrected chi connectivity index (χ3v) is 2.61. The average Bonchev–Trinajstić information content (AvgIpc) is 2.37. The first kappa shape index (κ1) is 13.2. The molecule has 0 bridgehead atoms. The number of halogens is 1. The summed E-state index contributed by atoms with van der Waals surface area (Å²) in [6.45, 7) is 6.66. The van der Waals surface area contributed by atoms with Gasteiger partial charge in [0.1, 0.15) is 11.8 Å². The van der Waals surface area contributed by atoms with Gasteiger partial charge < -0.3 is 9.84 Å². The fraction of sp³-hybridized carbons (Fsp3) is 0.909. The lowest BCUT2D eigenvalue weighted by molar-refractivity contribution is 0.00636. The molecule has 0 radical (unpaired) electrons. The fourth-order valence-electron chi connectivity index (χ4n) is 1.93. The SMILES string of the molecule is C[C@@H]1C[C@H](F)[C@H](CO)N1C(=O)OC(C)(C)C. The van der Waals surface area contributed by atoms with E-state index in [1.165, 1.54) is 4.90 Å². The molecule has 1 fully saturated rings. The highest BCUT2D eigenvalue weighted by Gasteiger charge is 2.43. The van der Waals surface area contributed by atoms with Crippen LogP contribution in [0.3, 0.4) is 0 Å². The van der Waals surface area contributed by atoms with Crippen LogP contribution in [0.15, 0.2) is 0 Å². The Morgan fingerprint density at radius 2 is 2.12 bits per heavy atom. The monoisotopic (exact) mass is 233 g/mol. The molecule has 1 saturated heterocycles. The molecule has 1 heterocycles. The number of alkyl halides is 1. The number of amides is 1. The second-order valence-electron chi connectivity index (χ2n) is 5.24. The standard InChI is InChI=1S/C11H20FNO3/c1-7-5-8(12)9(6-14)13(7)10(15)16-11(2,3)4/h7-9,14H,5-6H2,1-4H3/t7-,8+,9+/m1/s1. The summed E-state index contributed by atoms with van der Waals surface area (Å²) in [5.74, 6) is 0. The Bertz CT molecular complexity index is 264. The number of likely N-dealkylation sites (tertiary alicyclic amines) is 1. The van der Waals surface area contributed by atoms with Crippen LogP contribution in [0.2, 0.25) is 0 Å². The summed E-state index contributed by atoms with van der Waals surface area (Å²) in [6, 6.07) is -1.01. The molecular weight excluding hydrogens is 213 g/mol. The molecule has 94 valence electrons. The van der Waals surface area contributed by atoms with Crippen LogP contribution in [-0.2, 0) is 4.74 Å². The van der Waals surface area contributed by atoms with Crippen molar-refractivity contribution in [1.29, 1.82) is 0 Å². The van der Waals surface area contributed by atoms with Gasteiger partial charge in [0, 0.05) is 12.5 Å². The molecule has 0 aromatic rings. The predicted molar refractivity (Wildman–Crippen MR) is 57.9 cm³/mol. The maximum Gasteiger partial charge on any atom is 0.410 e. The Hall–Kier alpha value is -0.840. The molecule has 1 amide bonds. The number of hydrogen-bond donors (Lipinski definition) is 1. The molecule has 4 nitrogen and oxygen atoms in total. The van der Waals surface area contributed by atoms with Crippen LogP contribution in [0.4, 0.5) is 9.18 Å². The minimum Gasteiger partial charge on any atom is -0.444 e. The largest absolute Gasteiger partial charge is 0.444 e. The summed E-state index contributed by atoms with van der Waals surface area (Å²) in [5.41, 5.74) is -0.606. The van der Waals surface area contributed by atoms with Crippen LogP contribution in [0.5, 0.6) is 0 Å². The van der Waals surface area contributed by atoms with E-state index in [4.69, 9.17) is 9.84 Å². The van der Waals surface area contributed by atoms with Gasteiger partial charge >= 0.3 is 6.09 Å². The van der Waals surface area contributed by atoms with Crippen molar-refractivity contribution in [3.05, 3.63) is 0 Å². The van der Waals surface area contributed by atoms with Gasteiger partial charge in [0.2, 0.25) is 0 Å². The Labute approximate surface area is 95.4 Å². The van der Waals surface area contributed by atoms with Crippen molar-refractivity contribution >= 4 is 6.09 Å². The fourth-order valence-corrected chi connectivity index (χ4v) is 1.93. The van der Waals surface area contributed by atoms with Crippen LogP contribution in [0, 0.1) is 0 Å². The molecule has 0 spiro atoms. The van der Waals surface area contributed by atoms with Crippen LogP contribution < -0.4 is 0 Å². The van der Waals surface area contributed by atoms with Crippen molar-refractivity contribution in [2.45, 2.75) is 58.0 Å². The van der Waals surface area contributed by atoms with Gasteiger partial charge in [-0.15, -0.1) is 0 Å². The van der Waals surface area contributed by atoms with Gasteiger partial charge in [0.05, 0.1) is 12.6 Å². The number of aliphatic hydroxyl groups is 1. The van der Waals surface area contributed by atoms with E-state index in [0.29, 0.717) is 0 Å². The summed E-state index contributed by atoms with van der Waals surface area (Å²) < 4.78 is 18.7. The zero-order valence-corrected chi connectivity index (χ0v) is 10.2. The second kappa shape index (κ2) is 4.57. The Morgan fingerprint density at radius 1 is 1.56 bits per heavy atom. The van der Waals surface area contributed by atoms with Gasteiger partial charge in [-0.1, -0.05) is 0 Å². The minimum atomic E-state index is -1.17. The number of carbonyl (C=O) groups excluding carboxylic acids is 1. The molecule has 0 aromatic carbocycles. The van der Waals surface area contributed by atoms with Crippen molar-refractivity contribution < 1.29 is 19.0 Å². The van der Waals surface area contributed by atoms with E-state index in [-0.39, 0.29) is 19.1 Å². The third-order valence-electron chi connectivity index (χ3n) is 2.61. The average molecular weight is 233 g/mol. The molecule has 0 aliphatic carbocycles. The van der Waals surface area contributed by atoms with Gasteiger partial charge in [-0.2, -0.15) is 0 Å². The van der Waals surface area contributed by atoms with E-state index < -0.39 is 23.9 Å². The molecule has 1 aliphatic rings. The number of hydrogen-bond acceptors (Lipinski definition) is 3. The second-order valence-corrected chi connectivity index (χ2v) is 5.24. The molecule has 1 rings (SSSR count). The highest BCUT2D eigenvalue weighted by Crippen LogP contribution is 2.28. The first-order chi connectivity index (χ1) is 7.26. The predicted octanol–water partition coefficient (Wildman–Crippen LogP) is 1.71. The van der Waals surface area contributed by atoms with Crippen molar-refractivity contribution in [2.75, 3.05) is 6.61 Å². The summed E-state index contributed by atoms with van der Waals surface area (Å²) in [7, 11) is 0. The number of carbonyl (C=O) groups is 1. The lowest BCUT2D eigenvalue weighted by Crippen LogP contribution is -2.46. The molecule has 1 N–H and O–H groups in total. The molecular formula is C11H20FNO3.